The van der Waals surface area contributed by atoms with Gasteiger partial charge >= 0.3 is 0 Å². The number of fused-ring (bicyclic) bond motifs is 1. The van der Waals surface area contributed by atoms with Crippen LogP contribution < -0.4 is 0 Å². The number of hydrogen-bond acceptors (Lipinski definition) is 3. The van der Waals surface area contributed by atoms with E-state index in [1.807, 2.05) is 10.7 Å². The van der Waals surface area contributed by atoms with Crippen molar-refractivity contribution in [2.45, 2.75) is 46.1 Å². The second-order valence-electron chi connectivity index (χ2n) is 6.34. The van der Waals surface area contributed by atoms with Gasteiger partial charge in [-0.05, 0) is 63.8 Å². The number of hydrogen-bond donors (Lipinski definition) is 0. The average Bonchev–Trinajstić information content (AvgIpc) is 2.80. The molecule has 3 rings (SSSR count). The Morgan fingerprint density at radius 1 is 1.40 bits per heavy atom. The van der Waals surface area contributed by atoms with Crippen LogP contribution in [-0.4, -0.2) is 38.6 Å². The Labute approximate surface area is 120 Å². The van der Waals surface area contributed by atoms with E-state index in [9.17, 15) is 0 Å². The third-order valence-corrected chi connectivity index (χ3v) is 4.29. The standard InChI is InChI=1S/C16H24N4/c1-12(2)19-7-4-5-14(11-19)10-15-17-16-9-13(3)6-8-20(16)18-15/h6,8-9,12,14H,4-5,7,10-11H2,1-3H3. The van der Waals surface area contributed by atoms with Gasteiger partial charge in [-0.3, -0.25) is 0 Å². The smallest absolute Gasteiger partial charge is 0.155 e. The van der Waals surface area contributed by atoms with Gasteiger partial charge in [0, 0.05) is 25.2 Å². The molecule has 1 aliphatic heterocycles. The van der Waals surface area contributed by atoms with Gasteiger partial charge in [0.25, 0.3) is 0 Å². The fraction of sp³-hybridized carbons (Fsp3) is 0.625. The van der Waals surface area contributed by atoms with Crippen LogP contribution in [0.15, 0.2) is 18.3 Å². The van der Waals surface area contributed by atoms with E-state index in [4.69, 9.17) is 0 Å². The lowest BCUT2D eigenvalue weighted by Gasteiger charge is -2.35. The largest absolute Gasteiger partial charge is 0.301 e. The molecule has 1 atom stereocenters. The number of rotatable bonds is 3. The van der Waals surface area contributed by atoms with Crippen LogP contribution in [0.2, 0.25) is 0 Å². The van der Waals surface area contributed by atoms with Crippen LogP contribution in [0, 0.1) is 12.8 Å². The molecule has 0 spiro atoms. The van der Waals surface area contributed by atoms with E-state index in [2.05, 4.69) is 47.9 Å². The quantitative estimate of drug-likeness (QED) is 0.861. The zero-order chi connectivity index (χ0) is 14.1. The van der Waals surface area contributed by atoms with E-state index in [0.717, 1.165) is 17.9 Å². The summed E-state index contributed by atoms with van der Waals surface area (Å²) in [6.45, 7) is 9.09. The number of aromatic nitrogens is 3. The number of pyridine rings is 1. The highest BCUT2D eigenvalue weighted by Crippen LogP contribution is 2.21. The Morgan fingerprint density at radius 2 is 2.25 bits per heavy atom. The van der Waals surface area contributed by atoms with Crippen molar-refractivity contribution in [1.82, 2.24) is 19.5 Å². The van der Waals surface area contributed by atoms with Gasteiger partial charge in [0.15, 0.2) is 11.5 Å². The van der Waals surface area contributed by atoms with Gasteiger partial charge in [0.2, 0.25) is 0 Å². The lowest BCUT2D eigenvalue weighted by Crippen LogP contribution is -2.40. The second kappa shape index (κ2) is 5.52. The molecule has 0 saturated carbocycles. The number of nitrogens with zero attached hydrogens (tertiary/aromatic N) is 4. The summed E-state index contributed by atoms with van der Waals surface area (Å²) in [5, 5.41) is 4.60. The monoisotopic (exact) mass is 272 g/mol. The fourth-order valence-electron chi connectivity index (χ4n) is 3.11. The molecular weight excluding hydrogens is 248 g/mol. The van der Waals surface area contributed by atoms with Crippen LogP contribution in [-0.2, 0) is 6.42 Å². The topological polar surface area (TPSA) is 33.4 Å². The van der Waals surface area contributed by atoms with Gasteiger partial charge in [0.1, 0.15) is 0 Å². The molecule has 1 aliphatic rings. The van der Waals surface area contributed by atoms with E-state index < -0.39 is 0 Å². The molecule has 0 amide bonds. The number of likely N-dealkylation sites (tertiary alicyclic amines) is 1. The van der Waals surface area contributed by atoms with Crippen molar-refractivity contribution in [3.8, 4) is 0 Å². The van der Waals surface area contributed by atoms with Crippen molar-refractivity contribution >= 4 is 5.65 Å². The Balaban J connectivity index is 1.72. The van der Waals surface area contributed by atoms with Gasteiger partial charge in [-0.15, -0.1) is 0 Å². The number of piperidine rings is 1. The van der Waals surface area contributed by atoms with Crippen LogP contribution in [0.3, 0.4) is 0 Å². The zero-order valence-corrected chi connectivity index (χ0v) is 12.7. The second-order valence-corrected chi connectivity index (χ2v) is 6.34. The first-order valence-corrected chi connectivity index (χ1v) is 7.68. The van der Waals surface area contributed by atoms with Crippen molar-refractivity contribution < 1.29 is 0 Å². The Kier molecular flexibility index (Phi) is 3.74. The third kappa shape index (κ3) is 2.85. The summed E-state index contributed by atoms with van der Waals surface area (Å²) in [6.07, 6.45) is 5.61. The van der Waals surface area contributed by atoms with Crippen molar-refractivity contribution in [3.05, 3.63) is 29.7 Å². The number of aryl methyl sites for hydroxylation is 1. The molecule has 4 nitrogen and oxygen atoms in total. The highest BCUT2D eigenvalue weighted by Gasteiger charge is 2.23. The average molecular weight is 272 g/mol. The van der Waals surface area contributed by atoms with Crippen molar-refractivity contribution in [2.75, 3.05) is 13.1 Å². The van der Waals surface area contributed by atoms with Crippen LogP contribution in [0.1, 0.15) is 38.1 Å². The maximum Gasteiger partial charge on any atom is 0.155 e. The van der Waals surface area contributed by atoms with Gasteiger partial charge in [-0.2, -0.15) is 5.10 Å². The molecule has 20 heavy (non-hydrogen) atoms. The maximum absolute atomic E-state index is 4.67. The van der Waals surface area contributed by atoms with Crippen LogP contribution >= 0.6 is 0 Å². The molecule has 1 saturated heterocycles. The summed E-state index contributed by atoms with van der Waals surface area (Å²) in [7, 11) is 0. The van der Waals surface area contributed by atoms with E-state index >= 15 is 0 Å². The highest BCUT2D eigenvalue weighted by atomic mass is 15.3. The van der Waals surface area contributed by atoms with Crippen molar-refractivity contribution in [1.29, 1.82) is 0 Å². The summed E-state index contributed by atoms with van der Waals surface area (Å²) in [5.41, 5.74) is 2.21. The van der Waals surface area contributed by atoms with E-state index in [0.29, 0.717) is 12.0 Å². The molecular formula is C16H24N4. The predicted octanol–water partition coefficient (Wildman–Crippen LogP) is 2.70. The van der Waals surface area contributed by atoms with E-state index in [1.165, 1.54) is 31.5 Å². The van der Waals surface area contributed by atoms with E-state index in [1.54, 1.807) is 0 Å². The van der Waals surface area contributed by atoms with Crippen LogP contribution in [0.4, 0.5) is 0 Å². The van der Waals surface area contributed by atoms with Crippen LogP contribution in [0.25, 0.3) is 5.65 Å². The molecule has 2 aromatic heterocycles. The molecule has 0 radical (unpaired) electrons. The molecule has 4 heteroatoms. The van der Waals surface area contributed by atoms with Crippen molar-refractivity contribution in [3.63, 3.8) is 0 Å². The Morgan fingerprint density at radius 3 is 3.05 bits per heavy atom. The summed E-state index contributed by atoms with van der Waals surface area (Å²) < 4.78 is 1.89. The molecule has 1 fully saturated rings. The zero-order valence-electron chi connectivity index (χ0n) is 12.7. The SMILES string of the molecule is Cc1ccn2nc(CC3CCCN(C(C)C)C3)nc2c1. The first kappa shape index (κ1) is 13.6. The molecule has 108 valence electrons. The lowest BCUT2D eigenvalue weighted by molar-refractivity contribution is 0.138. The minimum Gasteiger partial charge on any atom is -0.301 e. The molecule has 0 aromatic carbocycles. The normalized spacial score (nSPS) is 20.9. The minimum absolute atomic E-state index is 0.648. The van der Waals surface area contributed by atoms with Crippen LogP contribution in [0.5, 0.6) is 0 Å². The predicted molar refractivity (Wildman–Crippen MR) is 80.9 cm³/mol. The van der Waals surface area contributed by atoms with Gasteiger partial charge in [-0.1, -0.05) is 0 Å². The van der Waals surface area contributed by atoms with Gasteiger partial charge in [0.05, 0.1) is 0 Å². The Bertz CT molecular complexity index is 587. The van der Waals surface area contributed by atoms with Gasteiger partial charge in [-0.25, -0.2) is 9.50 Å². The molecule has 0 aliphatic carbocycles. The summed E-state index contributed by atoms with van der Waals surface area (Å²) in [5.74, 6) is 1.69. The molecule has 2 aromatic rings. The lowest BCUT2D eigenvalue weighted by atomic mass is 9.94. The van der Waals surface area contributed by atoms with Crippen molar-refractivity contribution in [2.24, 2.45) is 5.92 Å². The molecule has 1 unspecified atom stereocenters. The summed E-state index contributed by atoms with van der Waals surface area (Å²) in [6, 6.07) is 4.82. The third-order valence-electron chi connectivity index (χ3n) is 4.29. The highest BCUT2D eigenvalue weighted by molar-refractivity contribution is 5.39. The minimum atomic E-state index is 0.648. The summed E-state index contributed by atoms with van der Waals surface area (Å²) in [4.78, 5) is 7.25. The first-order chi connectivity index (χ1) is 9.61. The Hall–Kier alpha value is -1.42. The van der Waals surface area contributed by atoms with Gasteiger partial charge < -0.3 is 4.90 Å². The molecule has 3 heterocycles. The van der Waals surface area contributed by atoms with E-state index in [-0.39, 0.29) is 0 Å². The first-order valence-electron chi connectivity index (χ1n) is 7.68. The maximum atomic E-state index is 4.67. The fourth-order valence-corrected chi connectivity index (χ4v) is 3.11. The summed E-state index contributed by atoms with van der Waals surface area (Å²) >= 11 is 0. The molecule has 0 N–H and O–H groups in total. The molecule has 0 bridgehead atoms.